The van der Waals surface area contributed by atoms with Gasteiger partial charge >= 0.3 is 4.87 Å². The molecule has 3 aromatic heterocycles. The van der Waals surface area contributed by atoms with Crippen LogP contribution in [-0.2, 0) is 12.4 Å². The van der Waals surface area contributed by atoms with Gasteiger partial charge in [-0.1, -0.05) is 11.3 Å². The first-order chi connectivity index (χ1) is 9.19. The molecule has 98 valence electrons. The van der Waals surface area contributed by atoms with Gasteiger partial charge in [0.05, 0.1) is 12.4 Å². The smallest absolute Gasteiger partial charge is 0.304 e. The van der Waals surface area contributed by atoms with Gasteiger partial charge in [-0.15, -0.1) is 11.6 Å². The number of aromatic amines is 1. The molecule has 0 bridgehead atoms. The fourth-order valence-electron chi connectivity index (χ4n) is 2.01. The van der Waals surface area contributed by atoms with Crippen LogP contribution in [0.5, 0.6) is 0 Å². The molecule has 0 saturated carbocycles. The first kappa shape index (κ1) is 12.4. The molecule has 0 fully saturated rings. The van der Waals surface area contributed by atoms with Crippen molar-refractivity contribution in [2.24, 2.45) is 0 Å². The van der Waals surface area contributed by atoms with Crippen molar-refractivity contribution in [1.82, 2.24) is 19.5 Å². The van der Waals surface area contributed by atoms with E-state index in [1.165, 1.54) is 0 Å². The number of fused-ring (bicyclic) bond motifs is 1. The number of nitrogens with one attached hydrogen (secondary N) is 1. The van der Waals surface area contributed by atoms with Crippen LogP contribution in [-0.4, -0.2) is 19.5 Å². The normalized spacial score (nSPS) is 11.3. The number of alkyl halides is 1. The minimum absolute atomic E-state index is 0.0593. The van der Waals surface area contributed by atoms with E-state index >= 15 is 0 Å². The lowest BCUT2D eigenvalue weighted by Crippen LogP contribution is -2.06. The minimum Gasteiger partial charge on any atom is -0.315 e. The van der Waals surface area contributed by atoms with E-state index in [-0.39, 0.29) is 4.87 Å². The molecule has 1 N–H and O–H groups in total. The fraction of sp³-hybridized carbons (Fsp3) is 0.250. The van der Waals surface area contributed by atoms with Crippen LogP contribution in [0.4, 0.5) is 0 Å². The first-order valence-corrected chi connectivity index (χ1v) is 7.14. The van der Waals surface area contributed by atoms with Gasteiger partial charge in [0.2, 0.25) is 0 Å². The predicted molar refractivity (Wildman–Crippen MR) is 75.9 cm³/mol. The highest BCUT2D eigenvalue weighted by Gasteiger charge is 2.13. The first-order valence-electron chi connectivity index (χ1n) is 5.72. The Morgan fingerprint density at radius 2 is 2.37 bits per heavy atom. The zero-order chi connectivity index (χ0) is 13.4. The topological polar surface area (TPSA) is 63.6 Å². The molecule has 0 spiro atoms. The summed E-state index contributed by atoms with van der Waals surface area (Å²) in [6.07, 6.45) is 1.75. The van der Waals surface area contributed by atoms with E-state index in [0.29, 0.717) is 12.4 Å². The van der Waals surface area contributed by atoms with Crippen LogP contribution < -0.4 is 4.87 Å². The molecule has 3 aromatic rings. The number of hydrogen-bond acceptors (Lipinski definition) is 4. The van der Waals surface area contributed by atoms with E-state index < -0.39 is 0 Å². The lowest BCUT2D eigenvalue weighted by molar-refractivity contribution is 0.753. The van der Waals surface area contributed by atoms with Crippen molar-refractivity contribution >= 4 is 34.1 Å². The van der Waals surface area contributed by atoms with Gasteiger partial charge in [-0.3, -0.25) is 4.79 Å². The van der Waals surface area contributed by atoms with Crippen molar-refractivity contribution < 1.29 is 0 Å². The van der Waals surface area contributed by atoms with E-state index in [4.69, 9.17) is 11.6 Å². The van der Waals surface area contributed by atoms with Crippen molar-refractivity contribution in [2.75, 3.05) is 0 Å². The molecule has 7 heteroatoms. The summed E-state index contributed by atoms with van der Waals surface area (Å²) in [6, 6.07) is 1.92. The summed E-state index contributed by atoms with van der Waals surface area (Å²) in [7, 11) is 0. The molecule has 0 unspecified atom stereocenters. The molecule has 0 aliphatic heterocycles. The van der Waals surface area contributed by atoms with Gasteiger partial charge in [0, 0.05) is 17.3 Å². The maximum absolute atomic E-state index is 11.2. The Labute approximate surface area is 117 Å². The summed E-state index contributed by atoms with van der Waals surface area (Å²) in [5.74, 6) is 1.06. The monoisotopic (exact) mass is 294 g/mol. The van der Waals surface area contributed by atoms with Crippen LogP contribution in [0, 0.1) is 6.92 Å². The highest BCUT2D eigenvalue weighted by Crippen LogP contribution is 2.19. The van der Waals surface area contributed by atoms with Crippen LogP contribution in [0.2, 0.25) is 0 Å². The predicted octanol–water partition coefficient (Wildman–Crippen LogP) is 2.28. The zero-order valence-electron chi connectivity index (χ0n) is 10.2. The van der Waals surface area contributed by atoms with Crippen LogP contribution in [0.25, 0.3) is 11.2 Å². The molecule has 5 nitrogen and oxygen atoms in total. The molecular formula is C12H11ClN4OS. The molecule has 0 saturated heterocycles. The van der Waals surface area contributed by atoms with Gasteiger partial charge < -0.3 is 9.55 Å². The second kappa shape index (κ2) is 4.79. The standard InChI is InChI=1S/C12H11ClN4OS/c1-7-2-3-14-11-10(7)16-9(4-13)17(11)5-8-6-19-12(18)15-8/h2-3,6H,4-5H2,1H3,(H,15,18). The Hall–Kier alpha value is -1.66. The van der Waals surface area contributed by atoms with E-state index in [1.807, 2.05) is 22.9 Å². The fourth-order valence-corrected chi connectivity index (χ4v) is 2.79. The van der Waals surface area contributed by atoms with Gasteiger partial charge in [0.25, 0.3) is 0 Å². The molecule has 0 aliphatic carbocycles. The van der Waals surface area contributed by atoms with E-state index in [0.717, 1.165) is 39.6 Å². The third-order valence-corrected chi connectivity index (χ3v) is 3.89. The van der Waals surface area contributed by atoms with Crippen molar-refractivity contribution in [3.63, 3.8) is 0 Å². The molecular weight excluding hydrogens is 284 g/mol. The number of halogens is 1. The summed E-state index contributed by atoms with van der Waals surface area (Å²) in [4.78, 5) is 22.8. The van der Waals surface area contributed by atoms with Gasteiger partial charge in [-0.05, 0) is 18.6 Å². The number of aromatic nitrogens is 4. The number of imidazole rings is 1. The number of aryl methyl sites for hydroxylation is 1. The summed E-state index contributed by atoms with van der Waals surface area (Å²) in [6.45, 7) is 2.51. The van der Waals surface area contributed by atoms with Crippen molar-refractivity contribution in [3.05, 3.63) is 44.4 Å². The Morgan fingerprint density at radius 3 is 3.05 bits per heavy atom. The van der Waals surface area contributed by atoms with Crippen LogP contribution in [0.3, 0.4) is 0 Å². The molecule has 0 radical (unpaired) electrons. The number of nitrogens with zero attached hydrogens (tertiary/aromatic N) is 3. The van der Waals surface area contributed by atoms with Crippen LogP contribution in [0.15, 0.2) is 22.4 Å². The van der Waals surface area contributed by atoms with Crippen molar-refractivity contribution in [1.29, 1.82) is 0 Å². The third-order valence-electron chi connectivity index (χ3n) is 2.93. The molecule has 0 amide bonds. The van der Waals surface area contributed by atoms with Gasteiger partial charge in [0.1, 0.15) is 11.3 Å². The molecule has 0 aromatic carbocycles. The highest BCUT2D eigenvalue weighted by molar-refractivity contribution is 7.07. The molecule has 0 aliphatic rings. The zero-order valence-corrected chi connectivity index (χ0v) is 11.8. The van der Waals surface area contributed by atoms with Crippen molar-refractivity contribution in [2.45, 2.75) is 19.3 Å². The molecule has 3 heterocycles. The Kier molecular flexibility index (Phi) is 3.12. The third kappa shape index (κ3) is 2.17. The number of rotatable bonds is 3. The average molecular weight is 295 g/mol. The Balaban J connectivity index is 2.15. The number of H-pyrrole nitrogens is 1. The average Bonchev–Trinajstić information content (AvgIpc) is 2.96. The summed E-state index contributed by atoms with van der Waals surface area (Å²) in [5.41, 5.74) is 3.55. The minimum atomic E-state index is -0.0593. The van der Waals surface area contributed by atoms with E-state index in [2.05, 4.69) is 15.0 Å². The van der Waals surface area contributed by atoms with Gasteiger partial charge in [-0.25, -0.2) is 9.97 Å². The summed E-state index contributed by atoms with van der Waals surface area (Å²) in [5, 5.41) is 1.81. The van der Waals surface area contributed by atoms with Gasteiger partial charge in [0.15, 0.2) is 5.65 Å². The second-order valence-corrected chi connectivity index (χ2v) is 5.33. The largest absolute Gasteiger partial charge is 0.315 e. The lowest BCUT2D eigenvalue weighted by Gasteiger charge is -2.04. The highest BCUT2D eigenvalue weighted by atomic mass is 35.5. The molecule has 3 rings (SSSR count). The van der Waals surface area contributed by atoms with E-state index in [9.17, 15) is 4.79 Å². The SMILES string of the molecule is Cc1ccnc2c1nc(CCl)n2Cc1csc(=O)[nH]1. The Bertz CT molecular complexity index is 788. The van der Waals surface area contributed by atoms with Crippen molar-refractivity contribution in [3.8, 4) is 0 Å². The van der Waals surface area contributed by atoms with Crippen LogP contribution >= 0.6 is 22.9 Å². The maximum atomic E-state index is 11.2. The van der Waals surface area contributed by atoms with E-state index in [1.54, 1.807) is 6.20 Å². The molecule has 19 heavy (non-hydrogen) atoms. The quantitative estimate of drug-likeness (QED) is 0.754. The molecule has 0 atom stereocenters. The maximum Gasteiger partial charge on any atom is 0.304 e. The summed E-state index contributed by atoms with van der Waals surface area (Å²) >= 11 is 7.10. The van der Waals surface area contributed by atoms with Gasteiger partial charge in [-0.2, -0.15) is 0 Å². The summed E-state index contributed by atoms with van der Waals surface area (Å²) < 4.78 is 1.94. The second-order valence-electron chi connectivity index (χ2n) is 4.22. The Morgan fingerprint density at radius 1 is 1.53 bits per heavy atom. The number of pyridine rings is 1. The lowest BCUT2D eigenvalue weighted by atomic mass is 10.3. The van der Waals surface area contributed by atoms with Crippen LogP contribution in [0.1, 0.15) is 17.1 Å². The number of thiazole rings is 1. The number of hydrogen-bond donors (Lipinski definition) is 1.